The molecule has 0 bridgehead atoms. The highest BCUT2D eigenvalue weighted by atomic mass is 31.2. The first kappa shape index (κ1) is 92.1. The van der Waals surface area contributed by atoms with E-state index in [-0.39, 0.29) is 25.7 Å². The van der Waals surface area contributed by atoms with Crippen LogP contribution in [0.5, 0.6) is 0 Å². The summed E-state index contributed by atoms with van der Waals surface area (Å²) >= 11 is 0. The van der Waals surface area contributed by atoms with E-state index in [4.69, 9.17) is 37.0 Å². The van der Waals surface area contributed by atoms with Crippen molar-refractivity contribution in [3.05, 3.63) is 0 Å². The molecule has 0 radical (unpaired) electrons. The summed E-state index contributed by atoms with van der Waals surface area (Å²) in [6.07, 6.45) is 54.0. The highest BCUT2D eigenvalue weighted by Gasteiger charge is 2.30. The van der Waals surface area contributed by atoms with Crippen molar-refractivity contribution in [2.75, 3.05) is 39.6 Å². The molecule has 0 aromatic heterocycles. The van der Waals surface area contributed by atoms with E-state index in [9.17, 15) is 43.2 Å². The number of hydrogen-bond donors (Lipinski definition) is 3. The van der Waals surface area contributed by atoms with Crippen LogP contribution < -0.4 is 0 Å². The van der Waals surface area contributed by atoms with Gasteiger partial charge in [-0.2, -0.15) is 0 Å². The number of ether oxygens (including phenoxy) is 4. The summed E-state index contributed by atoms with van der Waals surface area (Å²) in [4.78, 5) is 72.8. The molecule has 0 amide bonds. The van der Waals surface area contributed by atoms with E-state index >= 15 is 0 Å². The van der Waals surface area contributed by atoms with Gasteiger partial charge in [-0.3, -0.25) is 37.3 Å². The SMILES string of the molecule is CCCCCCCCCCCCCCCCCCC(=O)O[C@H](COC(=O)CCCCCCCCCCCCCC(C)C)COP(=O)(O)OC[C@@H](O)COP(=O)(O)OC[C@@H](COC(=O)CCCCCCCCCCCC)OC(=O)CCCCCCCCCCCCCC(C)C. The number of rotatable bonds is 74. The Morgan fingerprint density at radius 1 is 0.287 bits per heavy atom. The fourth-order valence-electron chi connectivity index (χ4n) is 11.5. The maximum Gasteiger partial charge on any atom is 0.472 e. The second-order valence-corrected chi connectivity index (χ2v) is 30.9. The lowest BCUT2D eigenvalue weighted by Crippen LogP contribution is -2.30. The number of esters is 4. The Labute approximate surface area is 575 Å². The number of phosphoric ester groups is 2. The monoisotopic (exact) mass is 1380 g/mol. The molecule has 19 heteroatoms. The molecule has 0 fully saturated rings. The first-order valence-corrected chi connectivity index (χ1v) is 42.0. The van der Waals surface area contributed by atoms with Crippen LogP contribution in [-0.4, -0.2) is 96.7 Å². The second-order valence-electron chi connectivity index (χ2n) is 28.0. The highest BCUT2D eigenvalue weighted by molar-refractivity contribution is 7.47. The summed E-state index contributed by atoms with van der Waals surface area (Å²) in [5.74, 6) is -0.579. The molecule has 2 unspecified atom stereocenters. The van der Waals surface area contributed by atoms with Crippen molar-refractivity contribution in [2.24, 2.45) is 11.8 Å². The number of hydrogen-bond acceptors (Lipinski definition) is 15. The minimum Gasteiger partial charge on any atom is -0.462 e. The van der Waals surface area contributed by atoms with Crippen molar-refractivity contribution < 1.29 is 80.2 Å². The number of aliphatic hydroxyl groups excluding tert-OH is 1. The normalized spacial score (nSPS) is 14.0. The number of phosphoric acid groups is 2. The van der Waals surface area contributed by atoms with E-state index in [1.807, 2.05) is 0 Å². The number of unbranched alkanes of at least 4 members (excludes halogenated alkanes) is 44. The standard InChI is InChI=1S/C75H146O17P2/c1-7-9-11-13-15-17-19-20-21-22-23-28-35-41-47-53-59-74(79)91-71(64-86-73(78)58-52-46-40-34-29-24-26-31-37-43-49-55-67(3)4)66-90-94(83,84)88-62-69(76)61-87-93(81,82)89-65-70(63-85-72(77)57-51-45-39-33-18-16-14-12-10-8-2)92-75(80)60-54-48-42-36-30-25-27-32-38-44-50-56-68(5)6/h67-71,76H,7-66H2,1-6H3,(H,81,82)(H,83,84)/t69-,70+,71+/m0/s1. The molecule has 94 heavy (non-hydrogen) atoms. The Hall–Kier alpha value is -1.94. The number of carbonyl (C=O) groups excluding carboxylic acids is 4. The molecule has 0 aromatic rings. The van der Waals surface area contributed by atoms with Crippen LogP contribution in [0.15, 0.2) is 0 Å². The van der Waals surface area contributed by atoms with E-state index < -0.39 is 97.5 Å². The number of carbonyl (C=O) groups is 4. The molecule has 5 atom stereocenters. The van der Waals surface area contributed by atoms with Gasteiger partial charge in [0.05, 0.1) is 26.4 Å². The first-order chi connectivity index (χ1) is 45.4. The average Bonchev–Trinajstić information content (AvgIpc) is 3.17. The molecule has 3 N–H and O–H groups in total. The van der Waals surface area contributed by atoms with Crippen LogP contribution in [0.2, 0.25) is 0 Å². The Balaban J connectivity index is 5.25. The van der Waals surface area contributed by atoms with Gasteiger partial charge in [0.1, 0.15) is 19.3 Å². The molecule has 0 aliphatic rings. The van der Waals surface area contributed by atoms with E-state index in [0.717, 1.165) is 102 Å². The molecule has 0 spiro atoms. The maximum atomic E-state index is 13.1. The van der Waals surface area contributed by atoms with Gasteiger partial charge in [-0.05, 0) is 37.5 Å². The van der Waals surface area contributed by atoms with E-state index in [0.29, 0.717) is 25.7 Å². The molecule has 0 aliphatic carbocycles. The van der Waals surface area contributed by atoms with Crippen molar-refractivity contribution in [1.82, 2.24) is 0 Å². The zero-order valence-corrected chi connectivity index (χ0v) is 63.1. The van der Waals surface area contributed by atoms with Gasteiger partial charge in [-0.15, -0.1) is 0 Å². The van der Waals surface area contributed by atoms with E-state index in [2.05, 4.69) is 41.5 Å². The largest absolute Gasteiger partial charge is 0.472 e. The lowest BCUT2D eigenvalue weighted by Gasteiger charge is -2.21. The molecule has 17 nitrogen and oxygen atoms in total. The maximum absolute atomic E-state index is 13.1. The smallest absolute Gasteiger partial charge is 0.462 e. The van der Waals surface area contributed by atoms with Crippen LogP contribution in [0.3, 0.4) is 0 Å². The predicted molar refractivity (Wildman–Crippen MR) is 381 cm³/mol. The Morgan fingerprint density at radius 2 is 0.489 bits per heavy atom. The van der Waals surface area contributed by atoms with Crippen molar-refractivity contribution in [3.63, 3.8) is 0 Å². The van der Waals surface area contributed by atoms with Crippen LogP contribution in [0.25, 0.3) is 0 Å². The average molecular weight is 1380 g/mol. The molecular formula is C75H146O17P2. The van der Waals surface area contributed by atoms with Crippen LogP contribution in [0.1, 0.15) is 388 Å². The molecule has 0 aliphatic heterocycles. The van der Waals surface area contributed by atoms with Crippen LogP contribution in [-0.2, 0) is 65.4 Å². The summed E-state index contributed by atoms with van der Waals surface area (Å²) in [5, 5.41) is 10.6. The van der Waals surface area contributed by atoms with Crippen LogP contribution >= 0.6 is 15.6 Å². The lowest BCUT2D eigenvalue weighted by atomic mass is 10.0. The van der Waals surface area contributed by atoms with E-state index in [1.165, 1.54) is 205 Å². The second kappa shape index (κ2) is 66.9. The number of aliphatic hydroxyl groups is 1. The van der Waals surface area contributed by atoms with Gasteiger partial charge in [0, 0.05) is 25.7 Å². The molecule has 0 saturated carbocycles. The fourth-order valence-corrected chi connectivity index (χ4v) is 13.1. The minimum atomic E-state index is -4.96. The van der Waals surface area contributed by atoms with Crippen LogP contribution in [0.4, 0.5) is 0 Å². The third kappa shape index (κ3) is 68.6. The lowest BCUT2D eigenvalue weighted by molar-refractivity contribution is -0.161. The van der Waals surface area contributed by atoms with Gasteiger partial charge in [0.25, 0.3) is 0 Å². The zero-order chi connectivity index (χ0) is 69.3. The van der Waals surface area contributed by atoms with E-state index in [1.54, 1.807) is 0 Å². The zero-order valence-electron chi connectivity index (χ0n) is 61.3. The van der Waals surface area contributed by atoms with Gasteiger partial charge in [0.15, 0.2) is 12.2 Å². The third-order valence-electron chi connectivity index (χ3n) is 17.5. The summed E-state index contributed by atoms with van der Waals surface area (Å²) in [6, 6.07) is 0. The van der Waals surface area contributed by atoms with Gasteiger partial charge < -0.3 is 33.8 Å². The summed E-state index contributed by atoms with van der Waals surface area (Å²) in [6.45, 7) is 9.59. The Kier molecular flexibility index (Phi) is 65.5. The minimum absolute atomic E-state index is 0.107. The van der Waals surface area contributed by atoms with Crippen LogP contribution in [0, 0.1) is 11.8 Å². The Morgan fingerprint density at radius 3 is 0.723 bits per heavy atom. The van der Waals surface area contributed by atoms with Gasteiger partial charge in [0.2, 0.25) is 0 Å². The molecule has 0 aromatic carbocycles. The van der Waals surface area contributed by atoms with Crippen molar-refractivity contribution in [3.8, 4) is 0 Å². The first-order valence-electron chi connectivity index (χ1n) is 39.0. The van der Waals surface area contributed by atoms with Crippen molar-refractivity contribution in [2.45, 2.75) is 407 Å². The summed E-state index contributed by atoms with van der Waals surface area (Å²) in [5.41, 5.74) is 0. The van der Waals surface area contributed by atoms with Gasteiger partial charge >= 0.3 is 39.5 Å². The molecular weight excluding hydrogens is 1230 g/mol. The fraction of sp³-hybridized carbons (Fsp3) is 0.947. The molecule has 0 rings (SSSR count). The molecule has 0 heterocycles. The van der Waals surface area contributed by atoms with Gasteiger partial charge in [-0.25, -0.2) is 9.13 Å². The topological polar surface area (TPSA) is 237 Å². The predicted octanol–water partition coefficient (Wildman–Crippen LogP) is 21.9. The van der Waals surface area contributed by atoms with Gasteiger partial charge in [-0.1, -0.05) is 337 Å². The quantitative estimate of drug-likeness (QED) is 0.0222. The molecule has 558 valence electrons. The summed E-state index contributed by atoms with van der Waals surface area (Å²) < 4.78 is 68.5. The van der Waals surface area contributed by atoms with Crippen molar-refractivity contribution in [1.29, 1.82) is 0 Å². The third-order valence-corrected chi connectivity index (χ3v) is 19.4. The molecule has 0 saturated heterocycles. The summed E-state index contributed by atoms with van der Waals surface area (Å²) in [7, 11) is -9.91. The van der Waals surface area contributed by atoms with Crippen molar-refractivity contribution >= 4 is 39.5 Å². The Bertz CT molecular complexity index is 1820. The highest BCUT2D eigenvalue weighted by Crippen LogP contribution is 2.45.